The van der Waals surface area contributed by atoms with Crippen molar-refractivity contribution < 1.29 is 26.8 Å². The molecule has 0 atom stereocenters. The number of ketones is 1. The SMILES string of the molecule is CCCN(CC(F)F)C(=O)C1CCN(S(=O)(=O)c2cccc(C(C)=O)c2)CC1. The van der Waals surface area contributed by atoms with Crippen molar-refractivity contribution in [3.05, 3.63) is 29.8 Å². The molecular formula is C19H26F2N2O4S. The van der Waals surface area contributed by atoms with Crippen LogP contribution in [0.5, 0.6) is 0 Å². The third-order valence-electron chi connectivity index (χ3n) is 4.85. The number of nitrogens with zero attached hydrogens (tertiary/aromatic N) is 2. The van der Waals surface area contributed by atoms with Gasteiger partial charge in [-0.05, 0) is 38.3 Å². The number of Topliss-reactive ketones (excluding diaryl/α,β-unsaturated/α-hetero) is 1. The Morgan fingerprint density at radius 2 is 1.89 bits per heavy atom. The molecule has 0 bridgehead atoms. The van der Waals surface area contributed by atoms with Gasteiger partial charge in [-0.1, -0.05) is 19.1 Å². The molecule has 0 radical (unpaired) electrons. The monoisotopic (exact) mass is 416 g/mol. The van der Waals surface area contributed by atoms with Gasteiger partial charge in [0.15, 0.2) is 5.78 Å². The molecule has 0 aromatic heterocycles. The van der Waals surface area contributed by atoms with E-state index < -0.39 is 28.9 Å². The lowest BCUT2D eigenvalue weighted by molar-refractivity contribution is -0.138. The van der Waals surface area contributed by atoms with Gasteiger partial charge in [0.05, 0.1) is 11.4 Å². The van der Waals surface area contributed by atoms with Crippen LogP contribution in [0, 0.1) is 5.92 Å². The smallest absolute Gasteiger partial charge is 0.255 e. The third kappa shape index (κ3) is 5.35. The standard InChI is InChI=1S/C19H26F2N2O4S/c1-3-9-22(13-18(20)21)19(25)15-7-10-23(11-8-15)28(26,27)17-6-4-5-16(12-17)14(2)24/h4-6,12,15,18H,3,7-11,13H2,1-2H3. The molecule has 0 spiro atoms. The third-order valence-corrected chi connectivity index (χ3v) is 6.74. The summed E-state index contributed by atoms with van der Waals surface area (Å²) in [6.45, 7) is 3.12. The lowest BCUT2D eigenvalue weighted by atomic mass is 9.96. The Morgan fingerprint density at radius 3 is 2.43 bits per heavy atom. The molecule has 1 heterocycles. The maximum Gasteiger partial charge on any atom is 0.255 e. The maximum absolute atomic E-state index is 12.8. The maximum atomic E-state index is 12.8. The van der Waals surface area contributed by atoms with Crippen molar-refractivity contribution in [2.45, 2.75) is 44.4 Å². The van der Waals surface area contributed by atoms with Crippen molar-refractivity contribution in [3.63, 3.8) is 0 Å². The fourth-order valence-corrected chi connectivity index (χ4v) is 4.87. The summed E-state index contributed by atoms with van der Waals surface area (Å²) in [5, 5.41) is 0. The molecule has 1 aliphatic heterocycles. The van der Waals surface area contributed by atoms with Crippen LogP contribution in [-0.4, -0.2) is 61.9 Å². The molecule has 9 heteroatoms. The Kier molecular flexibility index (Phi) is 7.65. The van der Waals surface area contributed by atoms with Crippen LogP contribution in [0.25, 0.3) is 0 Å². The highest BCUT2D eigenvalue weighted by atomic mass is 32.2. The van der Waals surface area contributed by atoms with E-state index in [0.29, 0.717) is 12.0 Å². The predicted molar refractivity (Wildman–Crippen MR) is 101 cm³/mol. The highest BCUT2D eigenvalue weighted by Crippen LogP contribution is 2.26. The summed E-state index contributed by atoms with van der Waals surface area (Å²) < 4.78 is 52.4. The number of amides is 1. The summed E-state index contributed by atoms with van der Waals surface area (Å²) in [5.74, 6) is -1.02. The zero-order chi connectivity index (χ0) is 20.9. The van der Waals surface area contributed by atoms with Gasteiger partial charge in [0.25, 0.3) is 6.43 Å². The first-order valence-electron chi connectivity index (χ1n) is 9.35. The van der Waals surface area contributed by atoms with Crippen LogP contribution in [0.3, 0.4) is 0 Å². The number of hydrogen-bond acceptors (Lipinski definition) is 4. The molecule has 1 amide bonds. The van der Waals surface area contributed by atoms with Crippen LogP contribution in [-0.2, 0) is 14.8 Å². The van der Waals surface area contributed by atoms with Crippen LogP contribution < -0.4 is 0 Å². The quantitative estimate of drug-likeness (QED) is 0.611. The van der Waals surface area contributed by atoms with Crippen molar-refractivity contribution >= 4 is 21.7 Å². The first-order chi connectivity index (χ1) is 13.2. The summed E-state index contributed by atoms with van der Waals surface area (Å²) in [5.41, 5.74) is 0.313. The van der Waals surface area contributed by atoms with E-state index in [2.05, 4.69) is 0 Å². The molecule has 1 aromatic carbocycles. The molecule has 28 heavy (non-hydrogen) atoms. The van der Waals surface area contributed by atoms with E-state index in [-0.39, 0.29) is 49.1 Å². The van der Waals surface area contributed by atoms with Gasteiger partial charge in [-0.25, -0.2) is 17.2 Å². The minimum Gasteiger partial charge on any atom is -0.337 e. The summed E-state index contributed by atoms with van der Waals surface area (Å²) in [6, 6.07) is 5.86. The molecular weight excluding hydrogens is 390 g/mol. The van der Waals surface area contributed by atoms with Crippen LogP contribution in [0.4, 0.5) is 8.78 Å². The molecule has 1 fully saturated rings. The molecule has 0 N–H and O–H groups in total. The molecule has 1 aromatic rings. The van der Waals surface area contributed by atoms with Crippen LogP contribution in [0.15, 0.2) is 29.2 Å². The van der Waals surface area contributed by atoms with Gasteiger partial charge in [-0.2, -0.15) is 4.31 Å². The second-order valence-electron chi connectivity index (χ2n) is 6.94. The topological polar surface area (TPSA) is 74.8 Å². The Bertz CT molecular complexity index is 806. The Balaban J connectivity index is 2.07. The van der Waals surface area contributed by atoms with Gasteiger partial charge < -0.3 is 4.90 Å². The molecule has 0 saturated carbocycles. The summed E-state index contributed by atoms with van der Waals surface area (Å²) in [4.78, 5) is 25.3. The van der Waals surface area contributed by atoms with Crippen molar-refractivity contribution in [2.24, 2.45) is 5.92 Å². The van der Waals surface area contributed by atoms with E-state index in [9.17, 15) is 26.8 Å². The summed E-state index contributed by atoms with van der Waals surface area (Å²) >= 11 is 0. The molecule has 156 valence electrons. The van der Waals surface area contributed by atoms with Crippen molar-refractivity contribution in [1.29, 1.82) is 0 Å². The second kappa shape index (κ2) is 9.56. The number of halogens is 2. The molecule has 6 nitrogen and oxygen atoms in total. The van der Waals surface area contributed by atoms with Crippen LogP contribution in [0.2, 0.25) is 0 Å². The largest absolute Gasteiger partial charge is 0.337 e. The Morgan fingerprint density at radius 1 is 1.25 bits per heavy atom. The number of piperidine rings is 1. The molecule has 2 rings (SSSR count). The Labute approximate surface area is 164 Å². The average Bonchev–Trinajstić information content (AvgIpc) is 2.67. The van der Waals surface area contributed by atoms with Crippen LogP contribution in [0.1, 0.15) is 43.5 Å². The first kappa shape index (κ1) is 22.4. The van der Waals surface area contributed by atoms with E-state index in [0.717, 1.165) is 0 Å². The summed E-state index contributed by atoms with van der Waals surface area (Å²) in [6.07, 6.45) is -1.44. The van der Waals surface area contributed by atoms with Gasteiger partial charge in [-0.3, -0.25) is 9.59 Å². The van der Waals surface area contributed by atoms with Gasteiger partial charge in [-0.15, -0.1) is 0 Å². The second-order valence-corrected chi connectivity index (χ2v) is 8.88. The van der Waals surface area contributed by atoms with E-state index in [1.807, 2.05) is 6.92 Å². The van der Waals surface area contributed by atoms with E-state index >= 15 is 0 Å². The highest BCUT2D eigenvalue weighted by Gasteiger charge is 2.34. The minimum absolute atomic E-state index is 0.0373. The fraction of sp³-hybridized carbons (Fsp3) is 0.579. The highest BCUT2D eigenvalue weighted by molar-refractivity contribution is 7.89. The number of rotatable bonds is 8. The van der Waals surface area contributed by atoms with E-state index in [4.69, 9.17) is 0 Å². The predicted octanol–water partition coefficient (Wildman–Crippen LogP) is 2.79. The summed E-state index contributed by atoms with van der Waals surface area (Å²) in [7, 11) is -3.78. The molecule has 0 unspecified atom stereocenters. The van der Waals surface area contributed by atoms with Crippen LogP contribution >= 0.6 is 0 Å². The van der Waals surface area contributed by atoms with Gasteiger partial charge >= 0.3 is 0 Å². The average molecular weight is 416 g/mol. The van der Waals surface area contributed by atoms with E-state index in [1.54, 1.807) is 6.07 Å². The van der Waals surface area contributed by atoms with Gasteiger partial charge in [0, 0.05) is 31.1 Å². The molecule has 0 aliphatic carbocycles. The number of carbonyl (C=O) groups is 2. The number of sulfonamides is 1. The number of benzene rings is 1. The van der Waals surface area contributed by atoms with Crippen molar-refractivity contribution in [1.82, 2.24) is 9.21 Å². The lowest BCUT2D eigenvalue weighted by Crippen LogP contribution is -2.45. The van der Waals surface area contributed by atoms with Gasteiger partial charge in [0.2, 0.25) is 15.9 Å². The first-order valence-corrected chi connectivity index (χ1v) is 10.8. The van der Waals surface area contributed by atoms with Gasteiger partial charge in [0.1, 0.15) is 0 Å². The lowest BCUT2D eigenvalue weighted by Gasteiger charge is -2.33. The Hall–Kier alpha value is -1.87. The number of carbonyl (C=O) groups excluding carboxylic acids is 2. The molecule has 1 saturated heterocycles. The van der Waals surface area contributed by atoms with Crippen molar-refractivity contribution in [2.75, 3.05) is 26.2 Å². The fourth-order valence-electron chi connectivity index (χ4n) is 3.35. The number of alkyl halides is 2. The normalized spacial score (nSPS) is 16.3. The zero-order valence-electron chi connectivity index (χ0n) is 16.1. The molecule has 1 aliphatic rings. The van der Waals surface area contributed by atoms with E-state index in [1.165, 1.54) is 34.3 Å². The number of hydrogen-bond donors (Lipinski definition) is 0. The zero-order valence-corrected chi connectivity index (χ0v) is 16.9. The van der Waals surface area contributed by atoms with Crippen molar-refractivity contribution in [3.8, 4) is 0 Å². The minimum atomic E-state index is -3.78.